The summed E-state index contributed by atoms with van der Waals surface area (Å²) in [6.07, 6.45) is 10.1. The lowest BCUT2D eigenvalue weighted by Gasteiger charge is -2.21. The van der Waals surface area contributed by atoms with Gasteiger partial charge in [0, 0.05) is 18.9 Å². The van der Waals surface area contributed by atoms with Crippen molar-refractivity contribution in [3.8, 4) is 11.6 Å². The van der Waals surface area contributed by atoms with Crippen molar-refractivity contribution in [2.45, 2.75) is 57.4 Å². The first-order valence-corrected chi connectivity index (χ1v) is 8.77. The van der Waals surface area contributed by atoms with Crippen molar-refractivity contribution in [3.05, 3.63) is 12.2 Å². The van der Waals surface area contributed by atoms with Gasteiger partial charge < -0.3 is 9.84 Å². The van der Waals surface area contributed by atoms with E-state index in [1.54, 1.807) is 0 Å². The number of hydrogen-bond acceptors (Lipinski definition) is 6. The molecule has 2 heterocycles. The summed E-state index contributed by atoms with van der Waals surface area (Å²) in [4.78, 5) is 20.3. The summed E-state index contributed by atoms with van der Waals surface area (Å²) in [6.45, 7) is 0. The fraction of sp³-hybridized carbons (Fsp3) is 0.688. The van der Waals surface area contributed by atoms with Gasteiger partial charge in [0.25, 0.3) is 0 Å². The van der Waals surface area contributed by atoms with Crippen LogP contribution in [-0.2, 0) is 11.2 Å². The molecule has 2 N–H and O–H groups in total. The number of carbonyl (C=O) groups is 1. The van der Waals surface area contributed by atoms with Crippen molar-refractivity contribution in [1.82, 2.24) is 30.6 Å². The number of nitrogens with one attached hydrogen (secondary N) is 2. The van der Waals surface area contributed by atoms with E-state index in [1.165, 1.54) is 38.4 Å². The van der Waals surface area contributed by atoms with Gasteiger partial charge in [-0.1, -0.05) is 37.3 Å². The lowest BCUT2D eigenvalue weighted by atomic mass is 9.85. The molecule has 0 radical (unpaired) electrons. The SMILES string of the molecule is O=C(CCc1nc(-c2ncn[nH]2)no1)N[C@@H]1C[C@H]1C1CCCCC1. The topological polar surface area (TPSA) is 110 Å². The van der Waals surface area contributed by atoms with Crippen molar-refractivity contribution in [3.63, 3.8) is 0 Å². The number of aryl methyl sites for hydroxylation is 1. The smallest absolute Gasteiger partial charge is 0.239 e. The fourth-order valence-electron chi connectivity index (χ4n) is 3.73. The maximum Gasteiger partial charge on any atom is 0.239 e. The van der Waals surface area contributed by atoms with Crippen LogP contribution in [0.2, 0.25) is 0 Å². The zero-order valence-corrected chi connectivity index (χ0v) is 13.6. The first-order valence-electron chi connectivity index (χ1n) is 8.77. The van der Waals surface area contributed by atoms with Crippen LogP contribution >= 0.6 is 0 Å². The molecule has 2 saturated carbocycles. The highest BCUT2D eigenvalue weighted by Gasteiger charge is 2.43. The molecule has 24 heavy (non-hydrogen) atoms. The van der Waals surface area contributed by atoms with Crippen molar-refractivity contribution >= 4 is 5.91 Å². The van der Waals surface area contributed by atoms with Crippen LogP contribution in [0.1, 0.15) is 50.8 Å². The Labute approximate surface area is 139 Å². The van der Waals surface area contributed by atoms with Gasteiger partial charge in [0.15, 0.2) is 5.82 Å². The third-order valence-corrected chi connectivity index (χ3v) is 5.10. The van der Waals surface area contributed by atoms with E-state index >= 15 is 0 Å². The average Bonchev–Trinajstić information content (AvgIpc) is 3.03. The van der Waals surface area contributed by atoms with E-state index in [0.717, 1.165) is 12.3 Å². The zero-order chi connectivity index (χ0) is 16.4. The Morgan fingerprint density at radius 3 is 3.00 bits per heavy atom. The van der Waals surface area contributed by atoms with Crippen LogP contribution in [0.15, 0.2) is 10.9 Å². The minimum absolute atomic E-state index is 0.0673. The molecule has 4 rings (SSSR count). The Morgan fingerprint density at radius 2 is 2.21 bits per heavy atom. The largest absolute Gasteiger partial charge is 0.353 e. The van der Waals surface area contributed by atoms with Gasteiger partial charge in [0.2, 0.25) is 17.6 Å². The van der Waals surface area contributed by atoms with Gasteiger partial charge in [0.1, 0.15) is 6.33 Å². The summed E-state index contributed by atoms with van der Waals surface area (Å²) in [5, 5.41) is 13.4. The lowest BCUT2D eigenvalue weighted by Crippen LogP contribution is -2.28. The van der Waals surface area contributed by atoms with E-state index in [-0.39, 0.29) is 5.91 Å². The molecule has 0 unspecified atom stereocenters. The first kappa shape index (κ1) is 15.3. The molecule has 8 heteroatoms. The first-order chi connectivity index (χ1) is 11.8. The Bertz CT molecular complexity index is 677. The van der Waals surface area contributed by atoms with Crippen LogP contribution in [0.5, 0.6) is 0 Å². The minimum atomic E-state index is 0.0673. The molecular weight excluding hydrogens is 308 g/mol. The number of amides is 1. The molecular formula is C16H22N6O2. The molecule has 2 aliphatic carbocycles. The normalized spacial score (nSPS) is 24.0. The van der Waals surface area contributed by atoms with E-state index in [9.17, 15) is 4.79 Å². The van der Waals surface area contributed by atoms with Crippen LogP contribution in [0.4, 0.5) is 0 Å². The van der Waals surface area contributed by atoms with Gasteiger partial charge >= 0.3 is 0 Å². The van der Waals surface area contributed by atoms with E-state index < -0.39 is 0 Å². The highest BCUT2D eigenvalue weighted by molar-refractivity contribution is 5.76. The molecule has 1 amide bonds. The molecule has 2 atom stereocenters. The minimum Gasteiger partial charge on any atom is -0.353 e. The second kappa shape index (κ2) is 6.70. The van der Waals surface area contributed by atoms with E-state index in [4.69, 9.17) is 4.52 Å². The number of aromatic nitrogens is 5. The Balaban J connectivity index is 1.21. The Kier molecular flexibility index (Phi) is 4.27. The number of aromatic amines is 1. The average molecular weight is 330 g/mol. The van der Waals surface area contributed by atoms with Gasteiger partial charge in [-0.05, 0) is 18.3 Å². The summed E-state index contributed by atoms with van der Waals surface area (Å²) in [5.74, 6) is 2.86. The Morgan fingerprint density at radius 1 is 1.33 bits per heavy atom. The molecule has 0 aliphatic heterocycles. The van der Waals surface area contributed by atoms with Crippen molar-refractivity contribution in [2.24, 2.45) is 11.8 Å². The molecule has 2 fully saturated rings. The van der Waals surface area contributed by atoms with Crippen molar-refractivity contribution in [1.29, 1.82) is 0 Å². The standard InChI is InChI=1S/C16H22N6O2/c23-13(19-12-8-11(12)10-4-2-1-3-5-10)6-7-14-20-16(22-24-14)15-17-9-18-21-15/h9-12H,1-8H2,(H,19,23)(H,17,18,21)/t11-,12+/m0/s1. The van der Waals surface area contributed by atoms with Gasteiger partial charge in [-0.2, -0.15) is 10.1 Å². The molecule has 0 spiro atoms. The Hall–Kier alpha value is -2.25. The van der Waals surface area contributed by atoms with E-state index in [0.29, 0.717) is 42.3 Å². The highest BCUT2D eigenvalue weighted by Crippen LogP contribution is 2.44. The second-order valence-corrected chi connectivity index (χ2v) is 6.82. The summed E-state index contributed by atoms with van der Waals surface area (Å²) >= 11 is 0. The van der Waals surface area contributed by atoms with Crippen LogP contribution in [0.3, 0.4) is 0 Å². The predicted octanol–water partition coefficient (Wildman–Crippen LogP) is 1.87. The molecule has 0 aromatic carbocycles. The maximum atomic E-state index is 12.1. The number of nitrogens with zero attached hydrogens (tertiary/aromatic N) is 4. The molecule has 128 valence electrons. The van der Waals surface area contributed by atoms with Crippen LogP contribution in [0, 0.1) is 11.8 Å². The molecule has 0 saturated heterocycles. The second-order valence-electron chi connectivity index (χ2n) is 6.82. The van der Waals surface area contributed by atoms with Crippen molar-refractivity contribution < 1.29 is 9.32 Å². The molecule has 0 bridgehead atoms. The summed E-state index contributed by atoms with van der Waals surface area (Å²) in [7, 11) is 0. The number of carbonyl (C=O) groups excluding carboxylic acids is 1. The maximum absolute atomic E-state index is 12.1. The van der Waals surface area contributed by atoms with E-state index in [1.807, 2.05) is 0 Å². The van der Waals surface area contributed by atoms with Gasteiger partial charge in [-0.15, -0.1) is 0 Å². The molecule has 2 aromatic rings. The third-order valence-electron chi connectivity index (χ3n) is 5.10. The number of H-pyrrole nitrogens is 1. The summed E-state index contributed by atoms with van der Waals surface area (Å²) < 4.78 is 5.15. The summed E-state index contributed by atoms with van der Waals surface area (Å²) in [6, 6.07) is 0.382. The molecule has 2 aliphatic rings. The zero-order valence-electron chi connectivity index (χ0n) is 13.6. The fourth-order valence-corrected chi connectivity index (χ4v) is 3.73. The third kappa shape index (κ3) is 3.47. The van der Waals surface area contributed by atoms with Gasteiger partial charge in [-0.25, -0.2) is 4.98 Å². The number of hydrogen-bond donors (Lipinski definition) is 2. The quantitative estimate of drug-likeness (QED) is 0.837. The van der Waals surface area contributed by atoms with Gasteiger partial charge in [0.05, 0.1) is 0 Å². The highest BCUT2D eigenvalue weighted by atomic mass is 16.5. The van der Waals surface area contributed by atoms with Crippen LogP contribution in [0.25, 0.3) is 11.6 Å². The van der Waals surface area contributed by atoms with Crippen LogP contribution < -0.4 is 5.32 Å². The summed E-state index contributed by atoms with van der Waals surface area (Å²) in [5.41, 5.74) is 0. The van der Waals surface area contributed by atoms with E-state index in [2.05, 4.69) is 30.6 Å². The predicted molar refractivity (Wildman–Crippen MR) is 84.6 cm³/mol. The van der Waals surface area contributed by atoms with Gasteiger partial charge in [-0.3, -0.25) is 9.89 Å². The van der Waals surface area contributed by atoms with Crippen LogP contribution in [-0.4, -0.2) is 37.3 Å². The molecule has 2 aromatic heterocycles. The monoisotopic (exact) mass is 330 g/mol. The number of rotatable bonds is 6. The lowest BCUT2D eigenvalue weighted by molar-refractivity contribution is -0.121. The molecule has 8 nitrogen and oxygen atoms in total. The van der Waals surface area contributed by atoms with Crippen molar-refractivity contribution in [2.75, 3.05) is 0 Å².